The SMILES string of the molecule is CCCCCc1ccc(C(=O)COc2ccc3c(C)c(C)c(=O)oc3c2)cc1. The zero-order chi connectivity index (χ0) is 20.1. The quantitative estimate of drug-likeness (QED) is 0.299. The first kappa shape index (κ1) is 19.9. The van der Waals surface area contributed by atoms with Gasteiger partial charge in [0, 0.05) is 22.6 Å². The fourth-order valence-electron chi connectivity index (χ4n) is 3.19. The monoisotopic (exact) mass is 378 g/mol. The van der Waals surface area contributed by atoms with E-state index in [2.05, 4.69) is 6.92 Å². The van der Waals surface area contributed by atoms with Crippen molar-refractivity contribution in [2.45, 2.75) is 46.5 Å². The predicted octanol–water partition coefficient (Wildman–Crippen LogP) is 5.40. The third-order valence-electron chi connectivity index (χ3n) is 5.14. The number of ketones is 1. The molecule has 0 aliphatic heterocycles. The normalized spacial score (nSPS) is 11.0. The highest BCUT2D eigenvalue weighted by atomic mass is 16.5. The van der Waals surface area contributed by atoms with Crippen LogP contribution in [0.25, 0.3) is 11.0 Å². The maximum atomic E-state index is 12.4. The molecule has 0 fully saturated rings. The van der Waals surface area contributed by atoms with Crippen LogP contribution in [0.1, 0.15) is 53.2 Å². The Morgan fingerprint density at radius 3 is 2.46 bits per heavy atom. The number of carbonyl (C=O) groups is 1. The van der Waals surface area contributed by atoms with Gasteiger partial charge >= 0.3 is 5.63 Å². The maximum Gasteiger partial charge on any atom is 0.339 e. The Bertz CT molecular complexity index is 1030. The first-order valence-electron chi connectivity index (χ1n) is 9.78. The lowest BCUT2D eigenvalue weighted by Crippen LogP contribution is -2.12. The number of Topliss-reactive ketones (excluding diaryl/α,β-unsaturated/α-hetero) is 1. The molecule has 1 aromatic heterocycles. The van der Waals surface area contributed by atoms with E-state index in [1.165, 1.54) is 24.8 Å². The van der Waals surface area contributed by atoms with E-state index in [1.54, 1.807) is 19.1 Å². The van der Waals surface area contributed by atoms with Crippen molar-refractivity contribution in [1.82, 2.24) is 0 Å². The number of benzene rings is 2. The van der Waals surface area contributed by atoms with Crippen molar-refractivity contribution in [2.24, 2.45) is 0 Å². The summed E-state index contributed by atoms with van der Waals surface area (Å²) in [4.78, 5) is 24.3. The second kappa shape index (κ2) is 8.87. The van der Waals surface area contributed by atoms with Gasteiger partial charge in [-0.05, 0) is 49.9 Å². The molecule has 0 N–H and O–H groups in total. The van der Waals surface area contributed by atoms with Gasteiger partial charge in [0.2, 0.25) is 0 Å². The number of ether oxygens (including phenoxy) is 1. The van der Waals surface area contributed by atoms with Gasteiger partial charge in [0.25, 0.3) is 0 Å². The number of fused-ring (bicyclic) bond motifs is 1. The Balaban J connectivity index is 1.65. The second-order valence-electron chi connectivity index (χ2n) is 7.16. The molecule has 0 amide bonds. The number of aryl methyl sites for hydroxylation is 2. The number of rotatable bonds is 8. The maximum absolute atomic E-state index is 12.4. The Morgan fingerprint density at radius 1 is 1.00 bits per heavy atom. The molecule has 0 saturated heterocycles. The molecule has 0 spiro atoms. The third-order valence-corrected chi connectivity index (χ3v) is 5.14. The molecule has 0 aliphatic carbocycles. The minimum atomic E-state index is -0.350. The zero-order valence-electron chi connectivity index (χ0n) is 16.7. The van der Waals surface area contributed by atoms with Crippen LogP contribution in [0.3, 0.4) is 0 Å². The van der Waals surface area contributed by atoms with Crippen LogP contribution in [0.5, 0.6) is 5.75 Å². The van der Waals surface area contributed by atoms with E-state index < -0.39 is 0 Å². The molecule has 2 aromatic carbocycles. The predicted molar refractivity (Wildman–Crippen MR) is 111 cm³/mol. The molecule has 3 aromatic rings. The summed E-state index contributed by atoms with van der Waals surface area (Å²) in [6.45, 7) is 5.77. The second-order valence-corrected chi connectivity index (χ2v) is 7.16. The average molecular weight is 378 g/mol. The van der Waals surface area contributed by atoms with Crippen molar-refractivity contribution in [1.29, 1.82) is 0 Å². The van der Waals surface area contributed by atoms with E-state index in [0.29, 0.717) is 22.5 Å². The van der Waals surface area contributed by atoms with Gasteiger partial charge in [-0.15, -0.1) is 0 Å². The van der Waals surface area contributed by atoms with Gasteiger partial charge in [0.1, 0.15) is 11.3 Å². The number of hydrogen-bond acceptors (Lipinski definition) is 4. The minimum absolute atomic E-state index is 0.0598. The van der Waals surface area contributed by atoms with Gasteiger partial charge in [0.05, 0.1) is 0 Å². The summed E-state index contributed by atoms with van der Waals surface area (Å²) in [5.74, 6) is 0.421. The lowest BCUT2D eigenvalue weighted by atomic mass is 10.0. The molecule has 0 radical (unpaired) electrons. The summed E-state index contributed by atoms with van der Waals surface area (Å²) in [7, 11) is 0. The summed E-state index contributed by atoms with van der Waals surface area (Å²) in [5, 5.41) is 0.870. The van der Waals surface area contributed by atoms with E-state index in [4.69, 9.17) is 9.15 Å². The molecule has 0 unspecified atom stereocenters. The van der Waals surface area contributed by atoms with Gasteiger partial charge in [-0.3, -0.25) is 4.79 Å². The van der Waals surface area contributed by atoms with Crippen LogP contribution in [0.15, 0.2) is 51.7 Å². The molecule has 3 rings (SSSR count). The molecule has 28 heavy (non-hydrogen) atoms. The molecular formula is C24H26O4. The molecule has 0 saturated carbocycles. The van der Waals surface area contributed by atoms with Crippen LogP contribution in [0.2, 0.25) is 0 Å². The van der Waals surface area contributed by atoms with Gasteiger partial charge in [-0.25, -0.2) is 4.79 Å². The van der Waals surface area contributed by atoms with Crippen LogP contribution >= 0.6 is 0 Å². The summed E-state index contributed by atoms with van der Waals surface area (Å²) in [6.07, 6.45) is 4.63. The molecule has 1 heterocycles. The van der Waals surface area contributed by atoms with E-state index in [1.807, 2.05) is 37.3 Å². The van der Waals surface area contributed by atoms with Crippen LogP contribution < -0.4 is 10.4 Å². The summed E-state index contributed by atoms with van der Waals surface area (Å²) in [6, 6.07) is 13.0. The van der Waals surface area contributed by atoms with E-state index in [9.17, 15) is 9.59 Å². The summed E-state index contributed by atoms with van der Waals surface area (Å²) >= 11 is 0. The molecule has 4 nitrogen and oxygen atoms in total. The van der Waals surface area contributed by atoms with Crippen molar-refractivity contribution in [3.05, 3.63) is 75.1 Å². The summed E-state index contributed by atoms with van der Waals surface area (Å²) in [5.41, 5.74) is 3.51. The van der Waals surface area contributed by atoms with Gasteiger partial charge < -0.3 is 9.15 Å². The Labute approximate surface area is 165 Å². The lowest BCUT2D eigenvalue weighted by Gasteiger charge is -2.09. The Hall–Kier alpha value is -2.88. The molecule has 0 bridgehead atoms. The number of unbranched alkanes of at least 4 members (excludes halogenated alkanes) is 2. The minimum Gasteiger partial charge on any atom is -0.485 e. The highest BCUT2D eigenvalue weighted by Crippen LogP contribution is 2.24. The van der Waals surface area contributed by atoms with Crippen molar-refractivity contribution in [3.8, 4) is 5.75 Å². The van der Waals surface area contributed by atoms with Crippen molar-refractivity contribution < 1.29 is 13.9 Å². The fraction of sp³-hybridized carbons (Fsp3) is 0.333. The van der Waals surface area contributed by atoms with Gasteiger partial charge in [-0.1, -0.05) is 44.0 Å². The number of carbonyl (C=O) groups excluding carboxylic acids is 1. The van der Waals surface area contributed by atoms with Crippen LogP contribution in [-0.2, 0) is 6.42 Å². The molecule has 146 valence electrons. The smallest absolute Gasteiger partial charge is 0.339 e. The van der Waals surface area contributed by atoms with Crippen molar-refractivity contribution in [2.75, 3.05) is 6.61 Å². The third kappa shape index (κ3) is 4.50. The first-order chi connectivity index (χ1) is 13.5. The molecule has 0 aliphatic rings. The van der Waals surface area contributed by atoms with E-state index in [0.717, 1.165) is 17.4 Å². The fourth-order valence-corrected chi connectivity index (χ4v) is 3.19. The molecule has 0 atom stereocenters. The summed E-state index contributed by atoms with van der Waals surface area (Å²) < 4.78 is 11.0. The van der Waals surface area contributed by atoms with E-state index >= 15 is 0 Å². The Kier molecular flexibility index (Phi) is 6.30. The van der Waals surface area contributed by atoms with Gasteiger partial charge in [-0.2, -0.15) is 0 Å². The van der Waals surface area contributed by atoms with Crippen LogP contribution in [0.4, 0.5) is 0 Å². The van der Waals surface area contributed by atoms with Crippen molar-refractivity contribution >= 4 is 16.8 Å². The van der Waals surface area contributed by atoms with E-state index in [-0.39, 0.29) is 18.0 Å². The first-order valence-corrected chi connectivity index (χ1v) is 9.78. The Morgan fingerprint density at radius 2 is 1.75 bits per heavy atom. The number of hydrogen-bond donors (Lipinski definition) is 0. The average Bonchev–Trinajstić information content (AvgIpc) is 2.71. The van der Waals surface area contributed by atoms with Crippen LogP contribution in [0, 0.1) is 13.8 Å². The highest BCUT2D eigenvalue weighted by molar-refractivity contribution is 5.97. The standard InChI is InChI=1S/C24H26O4/c1-4-5-6-7-18-8-10-19(11-9-18)22(25)15-27-20-12-13-21-16(2)17(3)24(26)28-23(21)14-20/h8-14H,4-7,15H2,1-3H3. The topological polar surface area (TPSA) is 56.5 Å². The lowest BCUT2D eigenvalue weighted by molar-refractivity contribution is 0.0921. The molecule has 4 heteroatoms. The largest absolute Gasteiger partial charge is 0.485 e. The van der Waals surface area contributed by atoms with Gasteiger partial charge in [0.15, 0.2) is 12.4 Å². The zero-order valence-corrected chi connectivity index (χ0v) is 16.7. The molecular weight excluding hydrogens is 352 g/mol. The van der Waals surface area contributed by atoms with Crippen LogP contribution in [-0.4, -0.2) is 12.4 Å². The highest BCUT2D eigenvalue weighted by Gasteiger charge is 2.10. The van der Waals surface area contributed by atoms with Crippen molar-refractivity contribution in [3.63, 3.8) is 0 Å².